The Morgan fingerprint density at radius 1 is 0.786 bits per heavy atom. The lowest BCUT2D eigenvalue weighted by molar-refractivity contribution is -0.110. The molecule has 1 aliphatic carbocycles. The summed E-state index contributed by atoms with van der Waals surface area (Å²) in [5, 5.41) is 12.0. The third kappa shape index (κ3) is 2.71. The third-order valence-electron chi connectivity index (χ3n) is 5.05. The number of ketones is 1. The molecule has 3 aromatic carbocycles. The Morgan fingerprint density at radius 3 is 2.32 bits per heavy atom. The Morgan fingerprint density at radius 2 is 1.54 bits per heavy atom. The molecule has 0 unspecified atom stereocenters. The molecule has 28 heavy (non-hydrogen) atoms. The number of carbonyl (C=O) groups is 1. The van der Waals surface area contributed by atoms with E-state index in [1.165, 1.54) is 5.39 Å². The summed E-state index contributed by atoms with van der Waals surface area (Å²) in [5.41, 5.74) is 6.15. The smallest absolute Gasteiger partial charge is 0.300 e. The average Bonchev–Trinajstić information content (AvgIpc) is 2.71. The lowest BCUT2D eigenvalue weighted by Gasteiger charge is -2.15. The van der Waals surface area contributed by atoms with Crippen LogP contribution in [0.25, 0.3) is 16.3 Å². The van der Waals surface area contributed by atoms with E-state index >= 15 is 0 Å². The van der Waals surface area contributed by atoms with Crippen molar-refractivity contribution in [2.45, 2.75) is 0 Å². The summed E-state index contributed by atoms with van der Waals surface area (Å²) < 4.78 is 4.38. The van der Waals surface area contributed by atoms with Crippen LogP contribution in [0.15, 0.2) is 84.5 Å². The van der Waals surface area contributed by atoms with Crippen LogP contribution in [0.2, 0.25) is 0 Å². The zero-order valence-electron chi connectivity index (χ0n) is 15.0. The summed E-state index contributed by atoms with van der Waals surface area (Å²) in [6.45, 7) is 0. The largest absolute Gasteiger partial charge is 0.508 e. The number of phenolic OH excluding ortho intramolecular Hbond substituents is 1. The number of hydrogen-bond acceptors (Lipinski definition) is 2. The second-order valence-corrected chi connectivity index (χ2v) is 6.86. The van der Waals surface area contributed by atoms with Gasteiger partial charge in [-0.1, -0.05) is 41.1 Å². The molecule has 1 aliphatic heterocycles. The van der Waals surface area contributed by atoms with Gasteiger partial charge in [0, 0.05) is 5.39 Å². The Labute approximate surface area is 162 Å². The van der Waals surface area contributed by atoms with Gasteiger partial charge in [0.2, 0.25) is 0 Å². The van der Waals surface area contributed by atoms with Gasteiger partial charge in [-0.3, -0.25) is 4.79 Å². The highest BCUT2D eigenvalue weighted by molar-refractivity contribution is 6.13. The van der Waals surface area contributed by atoms with Crippen LogP contribution in [0.1, 0.15) is 22.3 Å². The maximum atomic E-state index is 11.6. The van der Waals surface area contributed by atoms with Gasteiger partial charge in [-0.05, 0) is 70.1 Å². The Kier molecular flexibility index (Phi) is 3.68. The molecule has 3 heteroatoms. The van der Waals surface area contributed by atoms with Crippen molar-refractivity contribution < 1.29 is 9.90 Å². The highest BCUT2D eigenvalue weighted by atomic mass is 16.3. The van der Waals surface area contributed by atoms with Crippen molar-refractivity contribution in [3.05, 3.63) is 107 Å². The Hall–Kier alpha value is -3.94. The molecule has 132 valence electrons. The Bertz CT molecular complexity index is 1280. The first-order valence-electron chi connectivity index (χ1n) is 9.06. The summed E-state index contributed by atoms with van der Waals surface area (Å²) in [5.74, 6) is 0.202. The van der Waals surface area contributed by atoms with E-state index in [0.717, 1.165) is 38.8 Å². The molecule has 0 atom stereocenters. The van der Waals surface area contributed by atoms with Crippen LogP contribution >= 0.6 is 0 Å². The molecule has 0 bridgehead atoms. The van der Waals surface area contributed by atoms with Gasteiger partial charge in [0.15, 0.2) is 5.78 Å². The summed E-state index contributed by atoms with van der Waals surface area (Å²) >= 11 is 0. The zero-order valence-corrected chi connectivity index (χ0v) is 15.0. The molecule has 0 amide bonds. The normalized spacial score (nSPS) is 14.1. The van der Waals surface area contributed by atoms with Gasteiger partial charge < -0.3 is 5.11 Å². The quantitative estimate of drug-likeness (QED) is 0.549. The van der Waals surface area contributed by atoms with E-state index in [2.05, 4.69) is 28.9 Å². The van der Waals surface area contributed by atoms with Crippen LogP contribution in [-0.4, -0.2) is 23.3 Å². The Balaban J connectivity index is 1.80. The predicted molar refractivity (Wildman–Crippen MR) is 114 cm³/mol. The predicted octanol–water partition coefficient (Wildman–Crippen LogP) is 3.96. The number of benzene rings is 3. The molecule has 0 radical (unpaired) electrons. The molecule has 5 rings (SSSR count). The van der Waals surface area contributed by atoms with Crippen molar-refractivity contribution >= 4 is 34.6 Å². The number of allylic oxidation sites excluding steroid dienone is 5. The van der Waals surface area contributed by atoms with Gasteiger partial charge >= 0.3 is 0 Å². The fourth-order valence-electron chi connectivity index (χ4n) is 3.79. The minimum Gasteiger partial charge on any atom is -0.508 e. The van der Waals surface area contributed by atoms with E-state index in [1.807, 2.05) is 42.8 Å². The molecule has 3 aromatic rings. The van der Waals surface area contributed by atoms with Crippen molar-refractivity contribution in [3.8, 4) is 5.75 Å². The van der Waals surface area contributed by atoms with Crippen LogP contribution in [0.4, 0.5) is 0 Å². The van der Waals surface area contributed by atoms with Crippen molar-refractivity contribution in [1.82, 2.24) is 4.67 Å². The van der Waals surface area contributed by atoms with E-state index in [-0.39, 0.29) is 11.5 Å². The number of hydrogen-bond donors (Lipinski definition) is 1. The maximum Gasteiger partial charge on any atom is 0.300 e. The molecule has 1 heterocycles. The fourth-order valence-corrected chi connectivity index (χ4v) is 3.79. The van der Waals surface area contributed by atoms with Crippen LogP contribution in [0.5, 0.6) is 5.75 Å². The van der Waals surface area contributed by atoms with E-state index in [9.17, 15) is 9.90 Å². The highest BCUT2D eigenvalue weighted by Crippen LogP contribution is 2.34. The summed E-state index contributed by atoms with van der Waals surface area (Å²) in [7, 11) is 0. The average molecular weight is 362 g/mol. The molecule has 2 aliphatic rings. The van der Waals surface area contributed by atoms with E-state index < -0.39 is 0 Å². The lowest BCUT2D eigenvalue weighted by Crippen LogP contribution is -2.03. The van der Waals surface area contributed by atoms with Gasteiger partial charge in [-0.2, -0.15) is 0 Å². The monoisotopic (exact) mass is 362 g/mol. The van der Waals surface area contributed by atoms with Crippen molar-refractivity contribution in [1.29, 1.82) is 0 Å². The number of carbonyl (C=O) groups excluding carboxylic acids is 1. The van der Waals surface area contributed by atoms with Gasteiger partial charge in [-0.25, -0.2) is 0 Å². The number of aromatic hydroxyl groups is 1. The number of rotatable bonds is 2. The third-order valence-corrected chi connectivity index (χ3v) is 5.05. The fraction of sp³-hybridized carbons (Fsp3) is 0. The first-order chi connectivity index (χ1) is 13.7. The minimum atomic E-state index is -0.0188. The molecular weight excluding hydrogens is 346 g/mol. The molecule has 0 saturated carbocycles. The molecular formula is C25H16NO2+. The summed E-state index contributed by atoms with van der Waals surface area (Å²) in [4.78, 5) is 11.6. The molecule has 0 saturated heterocycles. The van der Waals surface area contributed by atoms with Gasteiger partial charge in [-0.15, -0.1) is 0 Å². The lowest BCUT2D eigenvalue weighted by atomic mass is 9.87. The van der Waals surface area contributed by atoms with Gasteiger partial charge in [0.25, 0.3) is 12.4 Å². The second-order valence-electron chi connectivity index (χ2n) is 6.86. The zero-order chi connectivity index (χ0) is 19.1. The summed E-state index contributed by atoms with van der Waals surface area (Å²) in [6.07, 6.45) is 10.6. The number of phenols is 1. The number of nitrogens with zero attached hydrogens (tertiary/aromatic N) is 1. The first-order valence-corrected chi connectivity index (χ1v) is 9.06. The van der Waals surface area contributed by atoms with Crippen LogP contribution in [0, 0.1) is 0 Å². The SMILES string of the molecule is O=C1C=CC(=C(c2ccc(O)cc2)c2cc3c4c(cccc4c2)C=[N+]=C3)C=C1. The summed E-state index contributed by atoms with van der Waals surface area (Å²) in [6, 6.07) is 17.7. The molecule has 1 N–H and O–H groups in total. The van der Waals surface area contributed by atoms with E-state index in [0.29, 0.717) is 0 Å². The highest BCUT2D eigenvalue weighted by Gasteiger charge is 2.18. The van der Waals surface area contributed by atoms with Crippen molar-refractivity contribution in [3.63, 3.8) is 0 Å². The molecule has 0 aromatic heterocycles. The van der Waals surface area contributed by atoms with Gasteiger partial charge in [0.05, 0.1) is 11.1 Å². The second kappa shape index (κ2) is 6.34. The van der Waals surface area contributed by atoms with Crippen LogP contribution < -0.4 is 4.67 Å². The van der Waals surface area contributed by atoms with E-state index in [4.69, 9.17) is 0 Å². The minimum absolute atomic E-state index is 0.0188. The van der Waals surface area contributed by atoms with Crippen LogP contribution in [0.3, 0.4) is 0 Å². The molecule has 0 fully saturated rings. The maximum absolute atomic E-state index is 11.6. The van der Waals surface area contributed by atoms with Gasteiger partial charge in [0.1, 0.15) is 5.75 Å². The molecule has 0 spiro atoms. The van der Waals surface area contributed by atoms with E-state index in [1.54, 1.807) is 24.3 Å². The van der Waals surface area contributed by atoms with Crippen LogP contribution in [-0.2, 0) is 4.79 Å². The topological polar surface area (TPSA) is 51.4 Å². The van der Waals surface area contributed by atoms with Crippen molar-refractivity contribution in [2.24, 2.45) is 0 Å². The van der Waals surface area contributed by atoms with Crippen molar-refractivity contribution in [2.75, 3.05) is 0 Å². The molecule has 3 nitrogen and oxygen atoms in total. The first kappa shape index (κ1) is 16.2. The standard InChI is InChI=1S/C25H15NO2/c27-22-8-4-16(5-9-22)24(17-6-10-23(28)11-7-17)20-12-18-2-1-3-19-14-26-15-21(13-20)25(18)19/h1-15H/p+1.